The minimum absolute atomic E-state index is 0.0747. The Hall–Kier alpha value is -2.32. The average molecular weight is 321 g/mol. The van der Waals surface area contributed by atoms with Crippen molar-refractivity contribution in [3.8, 4) is 11.5 Å². The minimum Gasteiger partial charge on any atom is -0.454 e. The zero-order valence-electron chi connectivity index (χ0n) is 11.9. The lowest BCUT2D eigenvalue weighted by Crippen LogP contribution is -2.29. The first kappa shape index (κ1) is 14.6. The van der Waals surface area contributed by atoms with Gasteiger partial charge in [-0.15, -0.1) is 11.3 Å². The van der Waals surface area contributed by atoms with Gasteiger partial charge in [-0.2, -0.15) is 0 Å². The molecule has 116 valence electrons. The van der Waals surface area contributed by atoms with E-state index in [9.17, 15) is 4.79 Å². The number of anilines is 2. The number of carbonyl (C=O) groups excluding carboxylic acids is 1. The van der Waals surface area contributed by atoms with Gasteiger partial charge in [0, 0.05) is 30.7 Å². The van der Waals surface area contributed by atoms with Crippen LogP contribution in [-0.2, 0) is 0 Å². The molecule has 2 N–H and O–H groups in total. The monoisotopic (exact) mass is 321 g/mol. The van der Waals surface area contributed by atoms with Crippen molar-refractivity contribution >= 4 is 28.1 Å². The lowest BCUT2D eigenvalue weighted by molar-refractivity contribution is 0.0762. The first-order valence-electron chi connectivity index (χ1n) is 6.66. The predicted octanol–water partition coefficient (Wildman–Crippen LogP) is 1.68. The third kappa shape index (κ3) is 2.97. The fourth-order valence-corrected chi connectivity index (χ4v) is 2.68. The van der Waals surface area contributed by atoms with Gasteiger partial charge in [0.2, 0.25) is 6.79 Å². The van der Waals surface area contributed by atoms with Gasteiger partial charge in [-0.05, 0) is 12.1 Å². The van der Waals surface area contributed by atoms with Gasteiger partial charge in [0.15, 0.2) is 16.6 Å². The number of hydrogen-bond donors (Lipinski definition) is 2. The van der Waals surface area contributed by atoms with Gasteiger partial charge in [-0.3, -0.25) is 4.79 Å². The smallest absolute Gasteiger partial charge is 0.273 e. The summed E-state index contributed by atoms with van der Waals surface area (Å²) in [6, 6.07) is 5.50. The number of aliphatic hydroxyl groups is 1. The van der Waals surface area contributed by atoms with Gasteiger partial charge in [0.05, 0.1) is 6.61 Å². The van der Waals surface area contributed by atoms with Crippen molar-refractivity contribution in [2.24, 2.45) is 0 Å². The van der Waals surface area contributed by atoms with E-state index in [1.807, 2.05) is 18.2 Å². The summed E-state index contributed by atoms with van der Waals surface area (Å²) in [4.78, 5) is 17.7. The molecule has 0 spiro atoms. The van der Waals surface area contributed by atoms with Crippen LogP contribution in [0.5, 0.6) is 11.5 Å². The van der Waals surface area contributed by atoms with Crippen LogP contribution in [0, 0.1) is 0 Å². The quantitative estimate of drug-likeness (QED) is 0.872. The van der Waals surface area contributed by atoms with E-state index in [1.165, 1.54) is 16.2 Å². The van der Waals surface area contributed by atoms with Crippen LogP contribution >= 0.6 is 11.3 Å². The van der Waals surface area contributed by atoms with Crippen LogP contribution in [0.25, 0.3) is 0 Å². The molecule has 2 aromatic rings. The molecule has 0 aliphatic carbocycles. The van der Waals surface area contributed by atoms with Crippen molar-refractivity contribution in [2.45, 2.75) is 0 Å². The Bertz CT molecular complexity index is 688. The van der Waals surface area contributed by atoms with Crippen LogP contribution in [0.2, 0.25) is 0 Å². The van der Waals surface area contributed by atoms with Gasteiger partial charge in [0.1, 0.15) is 5.69 Å². The van der Waals surface area contributed by atoms with E-state index >= 15 is 0 Å². The lowest BCUT2D eigenvalue weighted by Gasteiger charge is -2.13. The second kappa shape index (κ2) is 6.20. The Morgan fingerprint density at radius 3 is 3.09 bits per heavy atom. The van der Waals surface area contributed by atoms with Crippen LogP contribution in [0.3, 0.4) is 0 Å². The van der Waals surface area contributed by atoms with Gasteiger partial charge in [-0.25, -0.2) is 4.98 Å². The molecule has 1 aromatic carbocycles. The van der Waals surface area contributed by atoms with E-state index in [0.29, 0.717) is 22.3 Å². The number of carbonyl (C=O) groups is 1. The second-order valence-corrected chi connectivity index (χ2v) is 5.54. The highest BCUT2D eigenvalue weighted by molar-refractivity contribution is 7.14. The van der Waals surface area contributed by atoms with E-state index in [2.05, 4.69) is 10.3 Å². The molecule has 8 heteroatoms. The summed E-state index contributed by atoms with van der Waals surface area (Å²) in [6.07, 6.45) is 0. The van der Waals surface area contributed by atoms with E-state index in [0.717, 1.165) is 5.69 Å². The number of nitrogens with zero attached hydrogens (tertiary/aromatic N) is 2. The molecule has 7 nitrogen and oxygen atoms in total. The Morgan fingerprint density at radius 2 is 2.27 bits per heavy atom. The first-order valence-corrected chi connectivity index (χ1v) is 7.54. The Morgan fingerprint density at radius 1 is 1.45 bits per heavy atom. The van der Waals surface area contributed by atoms with Crippen molar-refractivity contribution < 1.29 is 19.4 Å². The van der Waals surface area contributed by atoms with Crippen LogP contribution < -0.4 is 14.8 Å². The summed E-state index contributed by atoms with van der Waals surface area (Å²) in [7, 11) is 1.63. The molecule has 0 atom stereocenters. The maximum atomic E-state index is 12.0. The highest BCUT2D eigenvalue weighted by Gasteiger charge is 2.16. The number of aliphatic hydroxyl groups excluding tert-OH is 1. The standard InChI is InChI=1S/C14H15N3O4S/c1-17(4-5-18)13(19)10-7-22-14(16-10)15-9-2-3-11-12(6-9)21-8-20-11/h2-3,6-7,18H,4-5,8H2,1H3,(H,15,16). The molecular formula is C14H15N3O4S. The molecule has 1 aliphatic rings. The third-order valence-electron chi connectivity index (χ3n) is 3.13. The van der Waals surface area contributed by atoms with Crippen molar-refractivity contribution in [2.75, 3.05) is 32.3 Å². The van der Waals surface area contributed by atoms with Crippen LogP contribution in [0.15, 0.2) is 23.6 Å². The molecule has 0 bridgehead atoms. The van der Waals surface area contributed by atoms with Crippen molar-refractivity contribution in [3.63, 3.8) is 0 Å². The van der Waals surface area contributed by atoms with Crippen LogP contribution in [-0.4, -0.2) is 47.9 Å². The molecule has 0 fully saturated rings. The summed E-state index contributed by atoms with van der Waals surface area (Å²) in [5.41, 5.74) is 1.16. The van der Waals surface area contributed by atoms with E-state index in [1.54, 1.807) is 12.4 Å². The summed E-state index contributed by atoms with van der Waals surface area (Å²) in [6.45, 7) is 0.432. The number of hydrogen-bond acceptors (Lipinski definition) is 7. The molecule has 1 aliphatic heterocycles. The maximum Gasteiger partial charge on any atom is 0.273 e. The number of aromatic nitrogens is 1. The van der Waals surface area contributed by atoms with Crippen LogP contribution in [0.1, 0.15) is 10.5 Å². The SMILES string of the molecule is CN(CCO)C(=O)c1csc(Nc2ccc3c(c2)OCO3)n1. The van der Waals surface area contributed by atoms with Crippen molar-refractivity contribution in [1.82, 2.24) is 9.88 Å². The summed E-state index contributed by atoms with van der Waals surface area (Å²) >= 11 is 1.34. The molecule has 0 saturated carbocycles. The Labute approximate surface area is 131 Å². The van der Waals surface area contributed by atoms with Gasteiger partial charge < -0.3 is 24.8 Å². The van der Waals surface area contributed by atoms with Crippen molar-refractivity contribution in [3.05, 3.63) is 29.3 Å². The van der Waals surface area contributed by atoms with Gasteiger partial charge in [0.25, 0.3) is 5.91 Å². The molecule has 1 aromatic heterocycles. The first-order chi connectivity index (χ1) is 10.7. The molecule has 3 rings (SSSR count). The summed E-state index contributed by atoms with van der Waals surface area (Å²) in [5, 5.41) is 14.3. The number of ether oxygens (including phenoxy) is 2. The topological polar surface area (TPSA) is 83.9 Å². The zero-order valence-corrected chi connectivity index (χ0v) is 12.7. The summed E-state index contributed by atoms with van der Waals surface area (Å²) < 4.78 is 10.6. The zero-order chi connectivity index (χ0) is 15.5. The molecule has 0 saturated heterocycles. The number of likely N-dealkylation sites (N-methyl/N-ethyl adjacent to an activating group) is 1. The maximum absolute atomic E-state index is 12.0. The highest BCUT2D eigenvalue weighted by Crippen LogP contribution is 2.35. The molecule has 0 unspecified atom stereocenters. The number of amides is 1. The van der Waals surface area contributed by atoms with Crippen molar-refractivity contribution in [1.29, 1.82) is 0 Å². The third-order valence-corrected chi connectivity index (χ3v) is 3.89. The van der Waals surface area contributed by atoms with E-state index in [-0.39, 0.29) is 25.9 Å². The number of fused-ring (bicyclic) bond motifs is 1. The normalized spacial score (nSPS) is 12.3. The number of thiazole rings is 1. The average Bonchev–Trinajstić information content (AvgIpc) is 3.15. The molecular weight excluding hydrogens is 306 g/mol. The molecule has 1 amide bonds. The molecule has 22 heavy (non-hydrogen) atoms. The van der Waals surface area contributed by atoms with Gasteiger partial charge in [-0.1, -0.05) is 0 Å². The second-order valence-electron chi connectivity index (χ2n) is 4.68. The highest BCUT2D eigenvalue weighted by atomic mass is 32.1. The lowest BCUT2D eigenvalue weighted by atomic mass is 10.3. The minimum atomic E-state index is -0.218. The fourth-order valence-electron chi connectivity index (χ4n) is 1.97. The predicted molar refractivity (Wildman–Crippen MR) is 82.0 cm³/mol. The number of benzene rings is 1. The largest absolute Gasteiger partial charge is 0.454 e. The fraction of sp³-hybridized carbons (Fsp3) is 0.286. The molecule has 2 heterocycles. The number of nitrogens with one attached hydrogen (secondary N) is 1. The molecule has 0 radical (unpaired) electrons. The van der Waals surface area contributed by atoms with E-state index < -0.39 is 0 Å². The van der Waals surface area contributed by atoms with E-state index in [4.69, 9.17) is 14.6 Å². The van der Waals surface area contributed by atoms with Gasteiger partial charge >= 0.3 is 0 Å². The Kier molecular flexibility index (Phi) is 4.12. The summed E-state index contributed by atoms with van der Waals surface area (Å²) in [5.74, 6) is 1.18. The van der Waals surface area contributed by atoms with Crippen LogP contribution in [0.4, 0.5) is 10.8 Å². The number of rotatable bonds is 5. The Balaban J connectivity index is 1.70.